The lowest BCUT2D eigenvalue weighted by atomic mass is 10.7. The SMILES string of the molecule is C=CNC(C)SC(N)=NCC. The van der Waals surface area contributed by atoms with E-state index in [1.165, 1.54) is 11.8 Å². The van der Waals surface area contributed by atoms with Gasteiger partial charge in [-0.3, -0.25) is 4.99 Å². The Morgan fingerprint density at radius 3 is 3.00 bits per heavy atom. The highest BCUT2D eigenvalue weighted by Gasteiger charge is 2.00. The lowest BCUT2D eigenvalue weighted by molar-refractivity contribution is 0.862. The van der Waals surface area contributed by atoms with Crippen LogP contribution >= 0.6 is 11.8 Å². The minimum atomic E-state index is 0.239. The molecule has 0 saturated heterocycles. The zero-order chi connectivity index (χ0) is 8.69. The minimum Gasteiger partial charge on any atom is -0.380 e. The van der Waals surface area contributed by atoms with Gasteiger partial charge in [0, 0.05) is 6.54 Å². The summed E-state index contributed by atoms with van der Waals surface area (Å²) in [4.78, 5) is 4.03. The van der Waals surface area contributed by atoms with Gasteiger partial charge in [0.25, 0.3) is 0 Å². The van der Waals surface area contributed by atoms with Gasteiger partial charge in [-0.1, -0.05) is 18.3 Å². The van der Waals surface area contributed by atoms with Crippen LogP contribution < -0.4 is 11.1 Å². The van der Waals surface area contributed by atoms with Crippen molar-refractivity contribution in [1.82, 2.24) is 5.32 Å². The van der Waals surface area contributed by atoms with Crippen molar-refractivity contribution in [2.45, 2.75) is 19.2 Å². The quantitative estimate of drug-likeness (QED) is 0.381. The standard InChI is InChI=1S/C7H15N3S/c1-4-9-6(3)11-7(8)10-5-2/h4,6,9H,1,5H2,2-3H3,(H2,8,10). The Morgan fingerprint density at radius 1 is 1.91 bits per heavy atom. The fourth-order valence-electron chi connectivity index (χ4n) is 0.574. The summed E-state index contributed by atoms with van der Waals surface area (Å²) < 4.78 is 0. The van der Waals surface area contributed by atoms with E-state index in [0.29, 0.717) is 5.17 Å². The van der Waals surface area contributed by atoms with Gasteiger partial charge in [0.15, 0.2) is 5.17 Å². The summed E-state index contributed by atoms with van der Waals surface area (Å²) in [5, 5.41) is 3.86. The van der Waals surface area contributed by atoms with Crippen LogP contribution in [-0.2, 0) is 0 Å². The maximum absolute atomic E-state index is 5.55. The molecule has 0 bridgehead atoms. The normalized spacial score (nSPS) is 14.2. The van der Waals surface area contributed by atoms with Crippen molar-refractivity contribution in [3.8, 4) is 0 Å². The molecule has 3 N–H and O–H groups in total. The van der Waals surface area contributed by atoms with Gasteiger partial charge in [0.2, 0.25) is 0 Å². The van der Waals surface area contributed by atoms with Gasteiger partial charge in [0.05, 0.1) is 5.37 Å². The first-order valence-corrected chi connectivity index (χ1v) is 4.42. The number of nitrogens with zero attached hydrogens (tertiary/aromatic N) is 1. The molecule has 0 aromatic rings. The van der Waals surface area contributed by atoms with E-state index in [-0.39, 0.29) is 5.37 Å². The topological polar surface area (TPSA) is 50.4 Å². The zero-order valence-corrected chi connectivity index (χ0v) is 7.82. The molecule has 0 fully saturated rings. The van der Waals surface area contributed by atoms with Crippen LogP contribution in [0.1, 0.15) is 13.8 Å². The van der Waals surface area contributed by atoms with E-state index in [1.807, 2.05) is 13.8 Å². The first-order valence-electron chi connectivity index (χ1n) is 3.54. The molecule has 0 aromatic heterocycles. The van der Waals surface area contributed by atoms with Crippen molar-refractivity contribution in [1.29, 1.82) is 0 Å². The highest BCUT2D eigenvalue weighted by Crippen LogP contribution is 2.06. The van der Waals surface area contributed by atoms with Gasteiger partial charge >= 0.3 is 0 Å². The Labute approximate surface area is 72.1 Å². The van der Waals surface area contributed by atoms with Gasteiger partial charge in [-0.2, -0.15) is 0 Å². The Morgan fingerprint density at radius 2 is 2.55 bits per heavy atom. The van der Waals surface area contributed by atoms with Crippen molar-refractivity contribution >= 4 is 16.9 Å². The molecule has 11 heavy (non-hydrogen) atoms. The summed E-state index contributed by atoms with van der Waals surface area (Å²) in [5.74, 6) is 0. The third-order valence-corrected chi connectivity index (χ3v) is 1.82. The number of nitrogens with two attached hydrogens (primary N) is 1. The molecule has 0 rings (SSSR count). The van der Waals surface area contributed by atoms with Crippen LogP contribution in [0.2, 0.25) is 0 Å². The van der Waals surface area contributed by atoms with Gasteiger partial charge in [0.1, 0.15) is 0 Å². The molecule has 3 nitrogen and oxygen atoms in total. The van der Waals surface area contributed by atoms with Crippen molar-refractivity contribution in [2.75, 3.05) is 6.54 Å². The van der Waals surface area contributed by atoms with Crippen molar-refractivity contribution in [2.24, 2.45) is 10.7 Å². The van der Waals surface area contributed by atoms with Crippen molar-refractivity contribution in [3.63, 3.8) is 0 Å². The monoisotopic (exact) mass is 173 g/mol. The molecule has 0 saturated carbocycles. The third kappa shape index (κ3) is 5.79. The van der Waals surface area contributed by atoms with E-state index in [4.69, 9.17) is 5.73 Å². The molecule has 0 radical (unpaired) electrons. The summed E-state index contributed by atoms with van der Waals surface area (Å²) in [6.45, 7) is 8.25. The smallest absolute Gasteiger partial charge is 0.155 e. The van der Waals surface area contributed by atoms with Crippen LogP contribution in [0.4, 0.5) is 0 Å². The predicted octanol–water partition coefficient (Wildman–Crippen LogP) is 1.13. The van der Waals surface area contributed by atoms with Crippen molar-refractivity contribution in [3.05, 3.63) is 12.8 Å². The molecule has 0 aliphatic heterocycles. The summed E-state index contributed by atoms with van der Waals surface area (Å²) in [5.41, 5.74) is 5.55. The predicted molar refractivity (Wildman–Crippen MR) is 52.5 cm³/mol. The largest absolute Gasteiger partial charge is 0.380 e. The second-order valence-electron chi connectivity index (χ2n) is 1.94. The van der Waals surface area contributed by atoms with Gasteiger partial charge in [-0.05, 0) is 20.0 Å². The van der Waals surface area contributed by atoms with E-state index in [2.05, 4.69) is 16.9 Å². The number of rotatable bonds is 4. The molecule has 1 unspecified atom stereocenters. The Bertz CT molecular complexity index is 145. The zero-order valence-electron chi connectivity index (χ0n) is 7.00. The molecule has 0 aliphatic carbocycles. The molecule has 0 heterocycles. The van der Waals surface area contributed by atoms with Gasteiger partial charge in [-0.25, -0.2) is 0 Å². The minimum absolute atomic E-state index is 0.239. The van der Waals surface area contributed by atoms with E-state index in [1.54, 1.807) is 6.20 Å². The van der Waals surface area contributed by atoms with Crippen LogP contribution in [0.25, 0.3) is 0 Å². The van der Waals surface area contributed by atoms with E-state index in [0.717, 1.165) is 6.54 Å². The van der Waals surface area contributed by atoms with Gasteiger partial charge < -0.3 is 11.1 Å². The van der Waals surface area contributed by atoms with E-state index < -0.39 is 0 Å². The highest BCUT2D eigenvalue weighted by atomic mass is 32.2. The van der Waals surface area contributed by atoms with E-state index in [9.17, 15) is 0 Å². The number of thioether (sulfide) groups is 1. The van der Waals surface area contributed by atoms with Crippen molar-refractivity contribution < 1.29 is 0 Å². The molecule has 0 spiro atoms. The van der Waals surface area contributed by atoms with Crippen LogP contribution in [-0.4, -0.2) is 17.1 Å². The van der Waals surface area contributed by atoms with Crippen LogP contribution in [0.3, 0.4) is 0 Å². The third-order valence-electron chi connectivity index (χ3n) is 0.964. The van der Waals surface area contributed by atoms with Crippen LogP contribution in [0.15, 0.2) is 17.8 Å². The van der Waals surface area contributed by atoms with Gasteiger partial charge in [-0.15, -0.1) is 0 Å². The molecule has 1 atom stereocenters. The average molecular weight is 173 g/mol. The summed E-state index contributed by atoms with van der Waals surface area (Å²) in [7, 11) is 0. The maximum Gasteiger partial charge on any atom is 0.155 e. The van der Waals surface area contributed by atoms with Crippen LogP contribution in [0.5, 0.6) is 0 Å². The maximum atomic E-state index is 5.55. The molecule has 0 aromatic carbocycles. The summed E-state index contributed by atoms with van der Waals surface area (Å²) in [6, 6.07) is 0. The Hall–Kier alpha value is -0.640. The molecule has 4 heteroatoms. The fourth-order valence-corrected chi connectivity index (χ4v) is 1.30. The van der Waals surface area contributed by atoms with Crippen LogP contribution in [0, 0.1) is 0 Å². The second kappa shape index (κ2) is 6.09. The number of amidine groups is 1. The molecular weight excluding hydrogens is 158 g/mol. The summed E-state index contributed by atoms with van der Waals surface area (Å²) >= 11 is 1.49. The highest BCUT2D eigenvalue weighted by molar-refractivity contribution is 8.14. The lowest BCUT2D eigenvalue weighted by Gasteiger charge is -2.09. The Balaban J connectivity index is 3.64. The number of aliphatic imine (C=N–C) groups is 1. The first kappa shape index (κ1) is 10.4. The average Bonchev–Trinajstić information content (AvgIpc) is 1.87. The summed E-state index contributed by atoms with van der Waals surface area (Å²) in [6.07, 6.45) is 1.65. The fraction of sp³-hybridized carbons (Fsp3) is 0.571. The molecular formula is C7H15N3S. The number of nitrogens with one attached hydrogen (secondary N) is 1. The van der Waals surface area contributed by atoms with E-state index >= 15 is 0 Å². The Kier molecular flexibility index (Phi) is 5.74. The first-order chi connectivity index (χ1) is 5.20. The molecule has 0 amide bonds. The lowest BCUT2D eigenvalue weighted by Crippen LogP contribution is -2.21. The molecule has 64 valence electrons. The number of hydrogen-bond donors (Lipinski definition) is 2. The second-order valence-corrected chi connectivity index (χ2v) is 3.30. The number of hydrogen-bond acceptors (Lipinski definition) is 3. The molecule has 0 aliphatic rings.